The van der Waals surface area contributed by atoms with Crippen LogP contribution in [0.15, 0.2) is 30.3 Å². The number of rotatable bonds is 11. The minimum Gasteiger partial charge on any atom is -0.417 e. The normalized spacial score (nSPS) is 21.8. The molecule has 6 heteroatoms. The van der Waals surface area contributed by atoms with E-state index in [9.17, 15) is 4.79 Å². The molecule has 0 saturated carbocycles. The van der Waals surface area contributed by atoms with Crippen molar-refractivity contribution in [1.29, 1.82) is 0 Å². The van der Waals surface area contributed by atoms with Gasteiger partial charge in [-0.3, -0.25) is 4.79 Å². The van der Waals surface area contributed by atoms with E-state index in [0.717, 1.165) is 18.4 Å². The number of carbonyl (C=O) groups is 1. The number of terminal acetylenes is 1. The molecule has 1 aliphatic rings. The molecular formula is C29H46O5Si. The van der Waals surface area contributed by atoms with Crippen LogP contribution in [0.25, 0.3) is 0 Å². The van der Waals surface area contributed by atoms with Crippen LogP contribution < -0.4 is 0 Å². The van der Waals surface area contributed by atoms with Crippen LogP contribution in [-0.4, -0.2) is 44.8 Å². The minimum atomic E-state index is -1.82. The average Bonchev–Trinajstić information content (AvgIpc) is 2.74. The van der Waals surface area contributed by atoms with Crippen LogP contribution in [0.3, 0.4) is 0 Å². The van der Waals surface area contributed by atoms with Crippen molar-refractivity contribution < 1.29 is 23.4 Å². The van der Waals surface area contributed by atoms with E-state index < -0.39 is 25.6 Å². The van der Waals surface area contributed by atoms with Gasteiger partial charge in [-0.05, 0) is 63.7 Å². The summed E-state index contributed by atoms with van der Waals surface area (Å²) in [6.07, 6.45) is 7.07. The molecule has 1 aliphatic heterocycles. The van der Waals surface area contributed by atoms with E-state index in [2.05, 4.69) is 39.8 Å². The lowest BCUT2D eigenvalue weighted by atomic mass is 9.79. The molecule has 1 heterocycles. The molecule has 1 aromatic rings. The summed E-state index contributed by atoms with van der Waals surface area (Å²) in [6.45, 7) is 20.0. The van der Waals surface area contributed by atoms with Gasteiger partial charge in [0.2, 0.25) is 5.78 Å². The van der Waals surface area contributed by atoms with E-state index in [-0.39, 0.29) is 23.0 Å². The first kappa shape index (κ1) is 29.7. The first-order valence-electron chi connectivity index (χ1n) is 12.7. The van der Waals surface area contributed by atoms with E-state index in [1.165, 1.54) is 0 Å². The summed E-state index contributed by atoms with van der Waals surface area (Å²) >= 11 is 0. The third kappa shape index (κ3) is 8.54. The third-order valence-electron chi connectivity index (χ3n) is 7.43. The molecule has 0 spiro atoms. The van der Waals surface area contributed by atoms with Gasteiger partial charge in [-0.15, -0.1) is 6.42 Å². The molecule has 0 N–H and O–H groups in total. The van der Waals surface area contributed by atoms with Gasteiger partial charge >= 0.3 is 0 Å². The maximum Gasteiger partial charge on any atom is 0.213 e. The van der Waals surface area contributed by atoms with Crippen molar-refractivity contribution in [3.63, 3.8) is 0 Å². The Morgan fingerprint density at radius 3 is 2.31 bits per heavy atom. The third-order valence-corrected chi connectivity index (χ3v) is 12.0. The second kappa shape index (κ2) is 11.7. The average molecular weight is 503 g/mol. The summed E-state index contributed by atoms with van der Waals surface area (Å²) < 4.78 is 25.3. The molecule has 5 nitrogen and oxygen atoms in total. The van der Waals surface area contributed by atoms with Crippen LogP contribution in [0, 0.1) is 17.8 Å². The van der Waals surface area contributed by atoms with Crippen molar-refractivity contribution in [1.82, 2.24) is 0 Å². The lowest BCUT2D eigenvalue weighted by molar-refractivity contribution is -0.305. The quantitative estimate of drug-likeness (QED) is 0.196. The molecule has 0 bridgehead atoms. The summed E-state index contributed by atoms with van der Waals surface area (Å²) in [5.41, 5.74) is 0.214. The van der Waals surface area contributed by atoms with Crippen molar-refractivity contribution in [2.45, 2.75) is 117 Å². The molecule has 3 atom stereocenters. The van der Waals surface area contributed by atoms with Crippen molar-refractivity contribution in [2.24, 2.45) is 5.41 Å². The molecule has 0 radical (unpaired) electrons. The Hall–Kier alpha value is -1.49. The summed E-state index contributed by atoms with van der Waals surface area (Å²) in [7, 11) is -1.82. The van der Waals surface area contributed by atoms with Gasteiger partial charge in [-0.25, -0.2) is 0 Å². The largest absolute Gasteiger partial charge is 0.417 e. The number of ketones is 1. The Kier molecular flexibility index (Phi) is 9.94. The Labute approximate surface area is 214 Å². The fourth-order valence-electron chi connectivity index (χ4n) is 4.12. The van der Waals surface area contributed by atoms with Crippen molar-refractivity contribution in [3.05, 3.63) is 35.9 Å². The predicted octanol–water partition coefficient (Wildman–Crippen LogP) is 6.51. The second-order valence-electron chi connectivity index (χ2n) is 12.2. The van der Waals surface area contributed by atoms with E-state index in [4.69, 9.17) is 25.1 Å². The maximum absolute atomic E-state index is 12.6. The van der Waals surface area contributed by atoms with E-state index >= 15 is 0 Å². The monoisotopic (exact) mass is 502 g/mol. The molecule has 1 saturated heterocycles. The standard InChI is InChI=1S/C29H46O5Si/c1-11-25(30)28(5,6)26(31-21-22-15-13-12-14-16-22)20-24-19-23(33-29(7,8)34-24)17-18-32-35(9,10)27(2,3)4/h1,12-16,23-24,26H,17-21H2,2-10H3/t23-,24-,26-/m0/s1. The van der Waals surface area contributed by atoms with Crippen molar-refractivity contribution >= 4 is 14.1 Å². The molecule has 0 unspecified atom stereocenters. The molecule has 0 amide bonds. The fourth-order valence-corrected chi connectivity index (χ4v) is 5.18. The zero-order valence-electron chi connectivity index (χ0n) is 23.3. The topological polar surface area (TPSA) is 54.0 Å². The van der Waals surface area contributed by atoms with Crippen molar-refractivity contribution in [3.8, 4) is 12.3 Å². The predicted molar refractivity (Wildman–Crippen MR) is 143 cm³/mol. The molecule has 0 aromatic heterocycles. The molecule has 0 aliphatic carbocycles. The Morgan fingerprint density at radius 1 is 1.14 bits per heavy atom. The Balaban J connectivity index is 2.10. The van der Waals surface area contributed by atoms with Crippen molar-refractivity contribution in [2.75, 3.05) is 6.61 Å². The zero-order chi connectivity index (χ0) is 26.5. The highest BCUT2D eigenvalue weighted by Gasteiger charge is 2.43. The van der Waals surface area contributed by atoms with Gasteiger partial charge in [-0.2, -0.15) is 0 Å². The number of hydrogen-bond donors (Lipinski definition) is 0. The summed E-state index contributed by atoms with van der Waals surface area (Å²) in [4.78, 5) is 12.6. The van der Waals surface area contributed by atoms with Crippen LogP contribution in [0.4, 0.5) is 0 Å². The first-order valence-corrected chi connectivity index (χ1v) is 15.6. The molecule has 196 valence electrons. The zero-order valence-corrected chi connectivity index (χ0v) is 24.3. The van der Waals surface area contributed by atoms with Crippen LogP contribution in [0.1, 0.15) is 73.3 Å². The van der Waals surface area contributed by atoms with Crippen LogP contribution in [0.5, 0.6) is 0 Å². The van der Waals surface area contributed by atoms with Crippen LogP contribution >= 0.6 is 0 Å². The lowest BCUT2D eigenvalue weighted by Crippen LogP contribution is -2.49. The molecule has 2 rings (SSSR count). The van der Waals surface area contributed by atoms with E-state index in [0.29, 0.717) is 19.6 Å². The lowest BCUT2D eigenvalue weighted by Gasteiger charge is -2.43. The van der Waals surface area contributed by atoms with Gasteiger partial charge in [0.1, 0.15) is 0 Å². The smallest absolute Gasteiger partial charge is 0.213 e. The number of hydrogen-bond acceptors (Lipinski definition) is 5. The minimum absolute atomic E-state index is 0.00902. The molecule has 1 aromatic carbocycles. The fraction of sp³-hybridized carbons (Fsp3) is 0.690. The highest BCUT2D eigenvalue weighted by atomic mass is 28.4. The van der Waals surface area contributed by atoms with Gasteiger partial charge < -0.3 is 18.6 Å². The number of carbonyl (C=O) groups excluding carboxylic acids is 1. The maximum atomic E-state index is 12.6. The Morgan fingerprint density at radius 2 is 1.74 bits per heavy atom. The number of Topliss-reactive ketones (excluding diaryl/α,β-unsaturated/α-hetero) is 1. The second-order valence-corrected chi connectivity index (χ2v) is 17.0. The Bertz CT molecular complexity index is 863. The van der Waals surface area contributed by atoms with Gasteiger partial charge in [0, 0.05) is 19.4 Å². The van der Waals surface area contributed by atoms with Crippen LogP contribution in [-0.2, 0) is 30.0 Å². The molecule has 1 fully saturated rings. The molecule has 35 heavy (non-hydrogen) atoms. The van der Waals surface area contributed by atoms with Gasteiger partial charge in [0.05, 0.1) is 30.3 Å². The highest BCUT2D eigenvalue weighted by molar-refractivity contribution is 6.74. The SMILES string of the molecule is C#CC(=O)C(C)(C)[C@H](C[C@@H]1C[C@H](CCO[Si](C)(C)C(C)(C)C)OC(C)(C)O1)OCc1ccccc1. The van der Waals surface area contributed by atoms with E-state index in [1.807, 2.05) is 58.0 Å². The van der Waals surface area contributed by atoms with Gasteiger partial charge in [0.15, 0.2) is 14.1 Å². The number of benzene rings is 1. The van der Waals surface area contributed by atoms with Gasteiger partial charge in [-0.1, -0.05) is 51.1 Å². The van der Waals surface area contributed by atoms with Gasteiger partial charge in [0.25, 0.3) is 0 Å². The molecular weight excluding hydrogens is 456 g/mol. The number of ether oxygens (including phenoxy) is 3. The van der Waals surface area contributed by atoms with E-state index in [1.54, 1.807) is 0 Å². The summed E-state index contributed by atoms with van der Waals surface area (Å²) in [5, 5.41) is 0.170. The highest BCUT2D eigenvalue weighted by Crippen LogP contribution is 2.38. The summed E-state index contributed by atoms with van der Waals surface area (Å²) in [5.74, 6) is 1.31. The first-order chi connectivity index (χ1) is 16.1. The summed E-state index contributed by atoms with van der Waals surface area (Å²) in [6, 6.07) is 9.96. The van der Waals surface area contributed by atoms with Crippen LogP contribution in [0.2, 0.25) is 18.1 Å².